The highest BCUT2D eigenvalue weighted by atomic mass is 79.9. The normalized spacial score (nSPS) is 10.8. The van der Waals surface area contributed by atoms with E-state index in [0.717, 1.165) is 34.5 Å². The van der Waals surface area contributed by atoms with Crippen LogP contribution in [-0.4, -0.2) is 21.3 Å². The minimum atomic E-state index is 0.789. The van der Waals surface area contributed by atoms with E-state index in [1.807, 2.05) is 24.0 Å². The second-order valence-electron chi connectivity index (χ2n) is 3.88. The fraction of sp³-hybridized carbons (Fsp3) is 0.333. The van der Waals surface area contributed by atoms with E-state index in [4.69, 9.17) is 0 Å². The molecule has 0 unspecified atom stereocenters. The number of nitrogens with zero attached hydrogens (tertiary/aromatic N) is 3. The van der Waals surface area contributed by atoms with E-state index < -0.39 is 0 Å². The Morgan fingerprint density at radius 1 is 1.41 bits per heavy atom. The molecule has 0 aliphatic heterocycles. The van der Waals surface area contributed by atoms with Crippen LogP contribution >= 0.6 is 15.9 Å². The predicted molar refractivity (Wildman–Crippen MR) is 71.2 cm³/mol. The molecular formula is C12H15BrN4. The van der Waals surface area contributed by atoms with Crippen molar-refractivity contribution in [2.45, 2.75) is 20.4 Å². The minimum Gasteiger partial charge on any atom is -0.313 e. The summed E-state index contributed by atoms with van der Waals surface area (Å²) in [6.45, 7) is 5.83. The number of aromatic nitrogens is 3. The molecule has 2 aromatic rings. The second kappa shape index (κ2) is 5.42. The van der Waals surface area contributed by atoms with Crippen LogP contribution in [0.1, 0.15) is 18.1 Å². The lowest BCUT2D eigenvalue weighted by atomic mass is 10.2. The number of rotatable bonds is 4. The first-order chi connectivity index (χ1) is 8.20. The van der Waals surface area contributed by atoms with Gasteiger partial charge in [0.1, 0.15) is 0 Å². The van der Waals surface area contributed by atoms with Gasteiger partial charge in [-0.25, -0.2) is 9.67 Å². The first-order valence-corrected chi connectivity index (χ1v) is 6.36. The topological polar surface area (TPSA) is 42.7 Å². The minimum absolute atomic E-state index is 0.789. The molecule has 0 aromatic carbocycles. The molecule has 5 heteroatoms. The van der Waals surface area contributed by atoms with E-state index in [-0.39, 0.29) is 0 Å². The molecule has 0 saturated carbocycles. The van der Waals surface area contributed by atoms with Crippen molar-refractivity contribution in [1.82, 2.24) is 20.1 Å². The molecular weight excluding hydrogens is 280 g/mol. The average molecular weight is 295 g/mol. The van der Waals surface area contributed by atoms with Crippen molar-refractivity contribution >= 4 is 15.9 Å². The lowest BCUT2D eigenvalue weighted by molar-refractivity contribution is 0.709. The van der Waals surface area contributed by atoms with E-state index in [1.165, 1.54) is 0 Å². The standard InChI is InChI=1S/C12H15BrN4/c1-3-14-6-10-4-11(13)7-15-12(10)17-8-9(2)5-16-17/h4-5,7-8,14H,3,6H2,1-2H3. The van der Waals surface area contributed by atoms with Gasteiger partial charge in [0.05, 0.1) is 6.20 Å². The molecule has 0 atom stereocenters. The molecule has 0 radical (unpaired) electrons. The molecule has 0 aliphatic rings. The summed E-state index contributed by atoms with van der Waals surface area (Å²) in [5.74, 6) is 0.877. The highest BCUT2D eigenvalue weighted by Gasteiger charge is 2.07. The molecule has 0 spiro atoms. The molecule has 0 saturated heterocycles. The molecule has 2 rings (SSSR count). The van der Waals surface area contributed by atoms with Crippen LogP contribution < -0.4 is 5.32 Å². The van der Waals surface area contributed by atoms with E-state index in [1.54, 1.807) is 6.20 Å². The third-order valence-corrected chi connectivity index (χ3v) is 2.84. The molecule has 17 heavy (non-hydrogen) atoms. The maximum atomic E-state index is 4.43. The van der Waals surface area contributed by atoms with Crippen LogP contribution in [0.15, 0.2) is 29.1 Å². The summed E-state index contributed by atoms with van der Waals surface area (Å²) in [5.41, 5.74) is 2.26. The van der Waals surface area contributed by atoms with Crippen molar-refractivity contribution in [3.63, 3.8) is 0 Å². The van der Waals surface area contributed by atoms with Crippen molar-refractivity contribution < 1.29 is 0 Å². The molecule has 0 fully saturated rings. The Balaban J connectivity index is 2.38. The molecule has 2 aromatic heterocycles. The summed E-state index contributed by atoms with van der Waals surface area (Å²) in [6, 6.07) is 2.07. The summed E-state index contributed by atoms with van der Waals surface area (Å²) in [5, 5.41) is 7.60. The van der Waals surface area contributed by atoms with Crippen molar-refractivity contribution in [3.05, 3.63) is 40.3 Å². The van der Waals surface area contributed by atoms with Gasteiger partial charge in [-0.3, -0.25) is 0 Å². The van der Waals surface area contributed by atoms with Gasteiger partial charge in [0.15, 0.2) is 5.82 Å². The smallest absolute Gasteiger partial charge is 0.157 e. The summed E-state index contributed by atoms with van der Waals surface area (Å²) < 4.78 is 2.80. The van der Waals surface area contributed by atoms with Gasteiger partial charge in [0, 0.05) is 29.0 Å². The van der Waals surface area contributed by atoms with Gasteiger partial charge in [-0.1, -0.05) is 6.92 Å². The highest BCUT2D eigenvalue weighted by Crippen LogP contribution is 2.17. The molecule has 4 nitrogen and oxygen atoms in total. The van der Waals surface area contributed by atoms with Crippen LogP contribution in [0.3, 0.4) is 0 Å². The molecule has 2 heterocycles. The molecule has 90 valence electrons. The van der Waals surface area contributed by atoms with Crippen molar-refractivity contribution in [2.75, 3.05) is 6.54 Å². The van der Waals surface area contributed by atoms with Crippen LogP contribution in [0, 0.1) is 6.92 Å². The Morgan fingerprint density at radius 3 is 2.88 bits per heavy atom. The third-order valence-electron chi connectivity index (χ3n) is 2.40. The number of pyridine rings is 1. The SMILES string of the molecule is CCNCc1cc(Br)cnc1-n1cc(C)cn1. The molecule has 0 aliphatic carbocycles. The Labute approximate surface area is 109 Å². The van der Waals surface area contributed by atoms with Gasteiger partial charge in [-0.2, -0.15) is 5.10 Å². The number of nitrogens with one attached hydrogen (secondary N) is 1. The van der Waals surface area contributed by atoms with E-state index in [9.17, 15) is 0 Å². The van der Waals surface area contributed by atoms with Gasteiger partial charge >= 0.3 is 0 Å². The van der Waals surface area contributed by atoms with Crippen LogP contribution in [0.5, 0.6) is 0 Å². The summed E-state index contributed by atoms with van der Waals surface area (Å²) in [7, 11) is 0. The summed E-state index contributed by atoms with van der Waals surface area (Å²) >= 11 is 3.45. The Hall–Kier alpha value is -1.20. The Morgan fingerprint density at radius 2 is 2.24 bits per heavy atom. The van der Waals surface area contributed by atoms with Gasteiger partial charge in [0.25, 0.3) is 0 Å². The van der Waals surface area contributed by atoms with Gasteiger partial charge in [0.2, 0.25) is 0 Å². The predicted octanol–water partition coefficient (Wildman–Crippen LogP) is 2.45. The van der Waals surface area contributed by atoms with E-state index in [2.05, 4.69) is 44.3 Å². The van der Waals surface area contributed by atoms with E-state index in [0.29, 0.717) is 0 Å². The fourth-order valence-corrected chi connectivity index (χ4v) is 1.98. The first kappa shape index (κ1) is 12.3. The van der Waals surface area contributed by atoms with Gasteiger partial charge in [-0.05, 0) is 41.0 Å². The zero-order chi connectivity index (χ0) is 12.3. The number of aryl methyl sites for hydroxylation is 1. The maximum Gasteiger partial charge on any atom is 0.157 e. The number of halogens is 1. The molecule has 0 amide bonds. The van der Waals surface area contributed by atoms with Crippen LogP contribution in [0.4, 0.5) is 0 Å². The second-order valence-corrected chi connectivity index (χ2v) is 4.79. The molecule has 1 N–H and O–H groups in total. The van der Waals surface area contributed by atoms with Gasteiger partial charge in [-0.15, -0.1) is 0 Å². The quantitative estimate of drug-likeness (QED) is 0.942. The van der Waals surface area contributed by atoms with Crippen molar-refractivity contribution in [2.24, 2.45) is 0 Å². The first-order valence-electron chi connectivity index (χ1n) is 5.57. The maximum absolute atomic E-state index is 4.43. The lowest BCUT2D eigenvalue weighted by Crippen LogP contribution is -2.15. The van der Waals surface area contributed by atoms with E-state index >= 15 is 0 Å². The molecule has 0 bridgehead atoms. The Kier molecular flexibility index (Phi) is 3.91. The third kappa shape index (κ3) is 2.92. The van der Waals surface area contributed by atoms with Crippen LogP contribution in [0.25, 0.3) is 5.82 Å². The summed E-state index contributed by atoms with van der Waals surface area (Å²) in [6.07, 6.45) is 5.61. The number of hydrogen-bond donors (Lipinski definition) is 1. The zero-order valence-electron chi connectivity index (χ0n) is 9.94. The zero-order valence-corrected chi connectivity index (χ0v) is 11.5. The van der Waals surface area contributed by atoms with Crippen LogP contribution in [-0.2, 0) is 6.54 Å². The fourth-order valence-electron chi connectivity index (χ4n) is 1.60. The van der Waals surface area contributed by atoms with Crippen LogP contribution in [0.2, 0.25) is 0 Å². The highest BCUT2D eigenvalue weighted by molar-refractivity contribution is 9.10. The number of hydrogen-bond acceptors (Lipinski definition) is 3. The monoisotopic (exact) mass is 294 g/mol. The van der Waals surface area contributed by atoms with Gasteiger partial charge < -0.3 is 5.32 Å². The lowest BCUT2D eigenvalue weighted by Gasteiger charge is -2.09. The largest absolute Gasteiger partial charge is 0.313 e. The van der Waals surface area contributed by atoms with Crippen molar-refractivity contribution in [1.29, 1.82) is 0 Å². The summed E-state index contributed by atoms with van der Waals surface area (Å²) in [4.78, 5) is 4.43. The average Bonchev–Trinajstić information content (AvgIpc) is 2.73. The van der Waals surface area contributed by atoms with Crippen molar-refractivity contribution in [3.8, 4) is 5.82 Å². The Bertz CT molecular complexity index is 507.